The molecular formula is C8H14N2O2. The van der Waals surface area contributed by atoms with Crippen LogP contribution in [-0.4, -0.2) is 29.3 Å². The Hall–Kier alpha value is -1.06. The van der Waals surface area contributed by atoms with Crippen LogP contribution in [0.5, 0.6) is 0 Å². The number of hydrogen-bond donors (Lipinski definition) is 1. The molecule has 0 bridgehead atoms. The van der Waals surface area contributed by atoms with E-state index in [9.17, 15) is 9.59 Å². The van der Waals surface area contributed by atoms with Crippen LogP contribution in [-0.2, 0) is 9.59 Å². The number of amides is 2. The van der Waals surface area contributed by atoms with Crippen molar-refractivity contribution in [2.75, 3.05) is 6.54 Å². The third-order valence-corrected chi connectivity index (χ3v) is 2.27. The second-order valence-electron chi connectivity index (χ2n) is 3.21. The first kappa shape index (κ1) is 9.03. The summed E-state index contributed by atoms with van der Waals surface area (Å²) in [5, 5.41) is 0. The lowest BCUT2D eigenvalue weighted by Crippen LogP contribution is -2.47. The predicted molar refractivity (Wildman–Crippen MR) is 44.2 cm³/mol. The van der Waals surface area contributed by atoms with Gasteiger partial charge < -0.3 is 10.6 Å². The molecule has 1 heterocycles. The van der Waals surface area contributed by atoms with Crippen molar-refractivity contribution in [2.45, 2.75) is 32.2 Å². The molecule has 12 heavy (non-hydrogen) atoms. The van der Waals surface area contributed by atoms with Gasteiger partial charge in [0.25, 0.3) is 0 Å². The quantitative estimate of drug-likeness (QED) is 0.515. The fourth-order valence-corrected chi connectivity index (χ4v) is 1.54. The van der Waals surface area contributed by atoms with Crippen LogP contribution in [0.1, 0.15) is 26.2 Å². The summed E-state index contributed by atoms with van der Waals surface area (Å²) < 4.78 is 0. The lowest BCUT2D eigenvalue weighted by Gasteiger charge is -2.32. The molecule has 1 atom stereocenters. The van der Waals surface area contributed by atoms with Gasteiger partial charge in [-0.1, -0.05) is 0 Å². The van der Waals surface area contributed by atoms with E-state index in [2.05, 4.69) is 0 Å². The Labute approximate surface area is 71.7 Å². The Kier molecular flexibility index (Phi) is 2.68. The topological polar surface area (TPSA) is 63.4 Å². The van der Waals surface area contributed by atoms with Gasteiger partial charge in [-0.15, -0.1) is 0 Å². The molecule has 0 aromatic carbocycles. The maximum absolute atomic E-state index is 11.2. The van der Waals surface area contributed by atoms with Crippen molar-refractivity contribution < 1.29 is 9.59 Å². The summed E-state index contributed by atoms with van der Waals surface area (Å²) in [4.78, 5) is 23.3. The van der Waals surface area contributed by atoms with Crippen LogP contribution in [0.15, 0.2) is 0 Å². The van der Waals surface area contributed by atoms with Gasteiger partial charge in [0.1, 0.15) is 0 Å². The van der Waals surface area contributed by atoms with Gasteiger partial charge >= 0.3 is 11.8 Å². The Balaban J connectivity index is 2.59. The Morgan fingerprint density at radius 1 is 1.42 bits per heavy atom. The molecule has 4 heteroatoms. The van der Waals surface area contributed by atoms with Gasteiger partial charge in [0, 0.05) is 12.6 Å². The average molecular weight is 170 g/mol. The number of piperidine rings is 1. The Bertz CT molecular complexity index is 203. The number of carbonyl (C=O) groups is 2. The van der Waals surface area contributed by atoms with Gasteiger partial charge in [-0.2, -0.15) is 0 Å². The summed E-state index contributed by atoms with van der Waals surface area (Å²) in [6.45, 7) is 2.61. The molecule has 0 spiro atoms. The van der Waals surface area contributed by atoms with Crippen LogP contribution >= 0.6 is 0 Å². The van der Waals surface area contributed by atoms with Gasteiger partial charge in [-0.05, 0) is 26.2 Å². The molecular weight excluding hydrogens is 156 g/mol. The highest BCUT2D eigenvalue weighted by atomic mass is 16.2. The number of nitrogens with two attached hydrogens (primary N) is 1. The molecule has 2 amide bonds. The first-order valence-electron chi connectivity index (χ1n) is 4.23. The van der Waals surface area contributed by atoms with E-state index in [0.29, 0.717) is 6.54 Å². The third-order valence-electron chi connectivity index (χ3n) is 2.27. The van der Waals surface area contributed by atoms with E-state index in [1.165, 1.54) is 0 Å². The number of primary amides is 1. The van der Waals surface area contributed by atoms with Crippen molar-refractivity contribution in [3.05, 3.63) is 0 Å². The highest BCUT2D eigenvalue weighted by molar-refractivity contribution is 6.34. The normalized spacial score (nSPS) is 23.8. The number of likely N-dealkylation sites (tertiary alicyclic amines) is 1. The number of hydrogen-bond acceptors (Lipinski definition) is 2. The second kappa shape index (κ2) is 3.56. The molecule has 1 rings (SSSR count). The summed E-state index contributed by atoms with van der Waals surface area (Å²) in [5.41, 5.74) is 4.90. The smallest absolute Gasteiger partial charge is 0.311 e. The number of rotatable bonds is 0. The maximum Gasteiger partial charge on any atom is 0.311 e. The van der Waals surface area contributed by atoms with Crippen molar-refractivity contribution in [2.24, 2.45) is 5.73 Å². The lowest BCUT2D eigenvalue weighted by molar-refractivity contribution is -0.146. The van der Waals surface area contributed by atoms with Gasteiger partial charge in [0.2, 0.25) is 0 Å². The van der Waals surface area contributed by atoms with Crippen molar-refractivity contribution in [3.8, 4) is 0 Å². The van der Waals surface area contributed by atoms with Gasteiger partial charge in [-0.25, -0.2) is 0 Å². The van der Waals surface area contributed by atoms with Crippen LogP contribution in [0.3, 0.4) is 0 Å². The first-order valence-corrected chi connectivity index (χ1v) is 4.23. The number of nitrogens with zero attached hydrogens (tertiary/aromatic N) is 1. The molecule has 1 saturated heterocycles. The Morgan fingerprint density at radius 2 is 2.08 bits per heavy atom. The molecule has 1 aliphatic heterocycles. The summed E-state index contributed by atoms with van der Waals surface area (Å²) in [7, 11) is 0. The minimum atomic E-state index is -0.844. The Morgan fingerprint density at radius 3 is 2.58 bits per heavy atom. The van der Waals surface area contributed by atoms with Crippen LogP contribution in [0.2, 0.25) is 0 Å². The molecule has 1 aliphatic rings. The van der Waals surface area contributed by atoms with Crippen LogP contribution in [0, 0.1) is 0 Å². The minimum absolute atomic E-state index is 0.166. The van der Waals surface area contributed by atoms with Crippen molar-refractivity contribution >= 4 is 11.8 Å². The molecule has 0 unspecified atom stereocenters. The molecule has 0 saturated carbocycles. The van der Waals surface area contributed by atoms with E-state index < -0.39 is 11.8 Å². The largest absolute Gasteiger partial charge is 0.361 e. The molecule has 2 N–H and O–H groups in total. The highest BCUT2D eigenvalue weighted by Crippen LogP contribution is 2.15. The van der Waals surface area contributed by atoms with Crippen LogP contribution in [0.4, 0.5) is 0 Å². The van der Waals surface area contributed by atoms with E-state index >= 15 is 0 Å². The van der Waals surface area contributed by atoms with Gasteiger partial charge in [0.05, 0.1) is 0 Å². The average Bonchev–Trinajstić information content (AvgIpc) is 2.04. The molecule has 4 nitrogen and oxygen atoms in total. The predicted octanol–water partition coefficient (Wildman–Crippen LogP) is -0.127. The summed E-state index contributed by atoms with van der Waals surface area (Å²) >= 11 is 0. The number of carbonyl (C=O) groups excluding carboxylic acids is 2. The zero-order chi connectivity index (χ0) is 9.14. The third kappa shape index (κ3) is 1.75. The van der Waals surface area contributed by atoms with Gasteiger partial charge in [-0.3, -0.25) is 9.59 Å². The zero-order valence-electron chi connectivity index (χ0n) is 7.25. The standard InChI is InChI=1S/C8H14N2O2/c1-6-4-2-3-5-10(6)8(12)7(9)11/h6H,2-5H2,1H3,(H2,9,11)/t6-/m1/s1. The molecule has 0 aliphatic carbocycles. The van der Waals surface area contributed by atoms with E-state index in [0.717, 1.165) is 19.3 Å². The monoisotopic (exact) mass is 170 g/mol. The molecule has 0 radical (unpaired) electrons. The van der Waals surface area contributed by atoms with Crippen molar-refractivity contribution in [1.29, 1.82) is 0 Å². The molecule has 0 aromatic heterocycles. The van der Waals surface area contributed by atoms with Gasteiger partial charge in [0.15, 0.2) is 0 Å². The molecule has 0 aromatic rings. The summed E-state index contributed by atoms with van der Waals surface area (Å²) in [6.07, 6.45) is 3.08. The van der Waals surface area contributed by atoms with Crippen molar-refractivity contribution in [3.63, 3.8) is 0 Å². The molecule has 68 valence electrons. The van der Waals surface area contributed by atoms with Crippen LogP contribution < -0.4 is 5.73 Å². The molecule has 1 fully saturated rings. The van der Waals surface area contributed by atoms with E-state index in [4.69, 9.17) is 5.73 Å². The fraction of sp³-hybridized carbons (Fsp3) is 0.750. The second-order valence-corrected chi connectivity index (χ2v) is 3.21. The lowest BCUT2D eigenvalue weighted by atomic mass is 10.0. The summed E-state index contributed by atoms with van der Waals surface area (Å²) in [5.74, 6) is -1.38. The minimum Gasteiger partial charge on any atom is -0.361 e. The van der Waals surface area contributed by atoms with E-state index in [-0.39, 0.29) is 6.04 Å². The van der Waals surface area contributed by atoms with Crippen molar-refractivity contribution in [1.82, 2.24) is 4.90 Å². The summed E-state index contributed by atoms with van der Waals surface area (Å²) in [6, 6.07) is 0.166. The van der Waals surface area contributed by atoms with Crippen LogP contribution in [0.25, 0.3) is 0 Å². The first-order chi connectivity index (χ1) is 5.63. The highest BCUT2D eigenvalue weighted by Gasteiger charge is 2.25. The van der Waals surface area contributed by atoms with E-state index in [1.807, 2.05) is 6.92 Å². The van der Waals surface area contributed by atoms with E-state index in [1.54, 1.807) is 4.90 Å². The maximum atomic E-state index is 11.2. The zero-order valence-corrected chi connectivity index (χ0v) is 7.25. The SMILES string of the molecule is C[C@@H]1CCCCN1C(=O)C(N)=O. The fourth-order valence-electron chi connectivity index (χ4n) is 1.54.